The molecule has 0 radical (unpaired) electrons. The van der Waals surface area contributed by atoms with Crippen LogP contribution >= 0.6 is 11.6 Å². The minimum Gasteiger partial charge on any atom is -0.478 e. The van der Waals surface area contributed by atoms with Gasteiger partial charge in [0, 0.05) is 4.91 Å². The van der Waals surface area contributed by atoms with Crippen molar-refractivity contribution in [1.29, 1.82) is 0 Å². The molecule has 0 aliphatic heterocycles. The van der Waals surface area contributed by atoms with Crippen LogP contribution in [0.2, 0.25) is 5.02 Å². The molecule has 0 saturated heterocycles. The molecule has 0 atom stereocenters. The van der Waals surface area contributed by atoms with E-state index in [-0.39, 0.29) is 10.6 Å². The van der Waals surface area contributed by atoms with Gasteiger partial charge in [0.1, 0.15) is 11.5 Å². The van der Waals surface area contributed by atoms with E-state index in [9.17, 15) is 9.18 Å². The number of nitrogens with zero attached hydrogens (tertiary/aromatic N) is 3. The first-order chi connectivity index (χ1) is 7.54. The summed E-state index contributed by atoms with van der Waals surface area (Å²) in [5, 5.41) is 11.5. The van der Waals surface area contributed by atoms with Crippen molar-refractivity contribution in [2.45, 2.75) is 0 Å². The number of benzene rings is 1. The first kappa shape index (κ1) is 12.0. The van der Waals surface area contributed by atoms with Crippen LogP contribution in [0, 0.1) is 5.82 Å². The van der Waals surface area contributed by atoms with E-state index in [1.54, 1.807) is 0 Å². The summed E-state index contributed by atoms with van der Waals surface area (Å²) < 4.78 is 13.0. The fraction of sp³-hybridized carbons (Fsp3) is 0. The number of carboxylic acids is 1. The molecule has 0 unspecified atom stereocenters. The highest BCUT2D eigenvalue weighted by atomic mass is 35.5. The number of azide groups is 1. The van der Waals surface area contributed by atoms with Gasteiger partial charge in [0.15, 0.2) is 0 Å². The molecule has 0 spiro atoms. The Labute approximate surface area is 94.4 Å². The SMILES string of the molecule is [N-]=[N+]=N/C(=C\c1ccc(Cl)c(F)c1)C(=O)O. The lowest BCUT2D eigenvalue weighted by atomic mass is 10.2. The molecule has 0 aliphatic rings. The van der Waals surface area contributed by atoms with Crippen molar-refractivity contribution in [1.82, 2.24) is 0 Å². The lowest BCUT2D eigenvalue weighted by Gasteiger charge is -1.97. The minimum atomic E-state index is -1.40. The van der Waals surface area contributed by atoms with Crippen LogP contribution in [-0.4, -0.2) is 11.1 Å². The number of aliphatic carboxylic acids is 1. The highest BCUT2D eigenvalue weighted by Crippen LogP contribution is 2.17. The summed E-state index contributed by atoms with van der Waals surface area (Å²) in [6.07, 6.45) is 1.04. The van der Waals surface area contributed by atoms with E-state index >= 15 is 0 Å². The molecule has 0 aliphatic carbocycles. The molecule has 0 saturated carbocycles. The molecule has 82 valence electrons. The summed E-state index contributed by atoms with van der Waals surface area (Å²) in [6.45, 7) is 0. The Balaban J connectivity index is 3.18. The van der Waals surface area contributed by atoms with Crippen LogP contribution in [0.1, 0.15) is 5.56 Å². The van der Waals surface area contributed by atoms with E-state index in [0.29, 0.717) is 0 Å². The molecule has 1 N–H and O–H groups in total. The zero-order valence-electron chi connectivity index (χ0n) is 7.76. The minimum absolute atomic E-state index is 0.0715. The van der Waals surface area contributed by atoms with Crippen LogP contribution in [0.5, 0.6) is 0 Å². The van der Waals surface area contributed by atoms with Gasteiger partial charge in [-0.2, -0.15) is 0 Å². The second-order valence-corrected chi connectivity index (χ2v) is 3.10. The fourth-order valence-electron chi connectivity index (χ4n) is 0.942. The first-order valence-electron chi connectivity index (χ1n) is 3.99. The number of hydrogen-bond donors (Lipinski definition) is 1. The Morgan fingerprint density at radius 3 is 2.81 bits per heavy atom. The average molecular weight is 242 g/mol. The molecule has 16 heavy (non-hydrogen) atoms. The zero-order valence-corrected chi connectivity index (χ0v) is 8.52. The molecule has 0 heterocycles. The van der Waals surface area contributed by atoms with Crippen LogP contribution in [0.3, 0.4) is 0 Å². The van der Waals surface area contributed by atoms with E-state index < -0.39 is 17.5 Å². The summed E-state index contributed by atoms with van der Waals surface area (Å²) in [7, 11) is 0. The van der Waals surface area contributed by atoms with Crippen LogP contribution in [0.15, 0.2) is 29.0 Å². The van der Waals surface area contributed by atoms with Gasteiger partial charge in [-0.3, -0.25) is 0 Å². The summed E-state index contributed by atoms with van der Waals surface area (Å²) in [5.74, 6) is -2.07. The lowest BCUT2D eigenvalue weighted by molar-refractivity contribution is -0.132. The average Bonchev–Trinajstić information content (AvgIpc) is 2.22. The van der Waals surface area contributed by atoms with Crippen LogP contribution in [0.4, 0.5) is 4.39 Å². The molecule has 0 aromatic heterocycles. The highest BCUT2D eigenvalue weighted by Gasteiger charge is 2.05. The molecule has 1 aromatic rings. The molecule has 1 rings (SSSR count). The quantitative estimate of drug-likeness (QED) is 0.381. The van der Waals surface area contributed by atoms with Crippen molar-refractivity contribution in [3.8, 4) is 0 Å². The van der Waals surface area contributed by atoms with Gasteiger partial charge in [0.25, 0.3) is 0 Å². The molecule has 0 fully saturated rings. The van der Waals surface area contributed by atoms with Gasteiger partial charge in [0.05, 0.1) is 5.02 Å². The molecule has 5 nitrogen and oxygen atoms in total. The molecular weight excluding hydrogens is 237 g/mol. The third-order valence-corrected chi connectivity index (χ3v) is 1.93. The van der Waals surface area contributed by atoms with Gasteiger partial charge in [-0.1, -0.05) is 22.8 Å². The van der Waals surface area contributed by atoms with E-state index in [2.05, 4.69) is 10.0 Å². The van der Waals surface area contributed by atoms with Crippen molar-refractivity contribution >= 4 is 23.6 Å². The second-order valence-electron chi connectivity index (χ2n) is 2.70. The van der Waals surface area contributed by atoms with Gasteiger partial charge in [-0.15, -0.1) is 0 Å². The number of carbonyl (C=O) groups is 1. The molecule has 0 amide bonds. The number of hydrogen-bond acceptors (Lipinski definition) is 2. The predicted molar refractivity (Wildman–Crippen MR) is 56.2 cm³/mol. The van der Waals surface area contributed by atoms with Crippen LogP contribution in [-0.2, 0) is 4.79 Å². The standard InChI is InChI=1S/C9H5ClFN3O2/c10-6-2-1-5(3-7(6)11)4-8(9(15)16)13-14-12/h1-4H,(H,15,16)/b8-4-. The summed E-state index contributed by atoms with van der Waals surface area (Å²) >= 11 is 5.45. The maximum atomic E-state index is 13.0. The predicted octanol–water partition coefficient (Wildman–Crippen LogP) is 3.21. The molecule has 0 bridgehead atoms. The van der Waals surface area contributed by atoms with Crippen molar-refractivity contribution in [3.63, 3.8) is 0 Å². The first-order valence-corrected chi connectivity index (χ1v) is 4.37. The van der Waals surface area contributed by atoms with Crippen LogP contribution in [0.25, 0.3) is 16.5 Å². The maximum Gasteiger partial charge on any atom is 0.338 e. The molecular formula is C9H5ClFN3O2. The normalized spacial score (nSPS) is 10.8. The Bertz CT molecular complexity index is 505. The van der Waals surface area contributed by atoms with Gasteiger partial charge in [-0.25, -0.2) is 9.18 Å². The third-order valence-electron chi connectivity index (χ3n) is 1.62. The Kier molecular flexibility index (Phi) is 3.88. The maximum absolute atomic E-state index is 13.0. The van der Waals surface area contributed by atoms with Crippen molar-refractivity contribution in [2.75, 3.05) is 0 Å². The Morgan fingerprint density at radius 1 is 1.62 bits per heavy atom. The second kappa shape index (κ2) is 5.16. The van der Waals surface area contributed by atoms with Crippen molar-refractivity contribution in [2.24, 2.45) is 5.11 Å². The molecule has 7 heteroatoms. The highest BCUT2D eigenvalue weighted by molar-refractivity contribution is 6.30. The van der Waals surface area contributed by atoms with Gasteiger partial charge in [0.2, 0.25) is 0 Å². The largest absolute Gasteiger partial charge is 0.478 e. The van der Waals surface area contributed by atoms with Crippen molar-refractivity contribution in [3.05, 3.63) is 50.7 Å². The Hall–Kier alpha value is -2.04. The molecule has 1 aromatic carbocycles. The lowest BCUT2D eigenvalue weighted by Crippen LogP contribution is -1.96. The number of rotatable bonds is 3. The van der Waals surface area contributed by atoms with Crippen LogP contribution < -0.4 is 0 Å². The Morgan fingerprint density at radius 2 is 2.31 bits per heavy atom. The zero-order chi connectivity index (χ0) is 12.1. The fourth-order valence-corrected chi connectivity index (χ4v) is 1.06. The monoisotopic (exact) mass is 241 g/mol. The summed E-state index contributed by atoms with van der Waals surface area (Å²) in [5.41, 5.74) is 7.84. The van der Waals surface area contributed by atoms with Gasteiger partial charge < -0.3 is 5.11 Å². The van der Waals surface area contributed by atoms with Gasteiger partial charge >= 0.3 is 5.97 Å². The topological polar surface area (TPSA) is 86.1 Å². The number of halogens is 2. The smallest absolute Gasteiger partial charge is 0.338 e. The van der Waals surface area contributed by atoms with Gasteiger partial charge in [-0.05, 0) is 29.3 Å². The van der Waals surface area contributed by atoms with E-state index in [0.717, 1.165) is 12.1 Å². The van der Waals surface area contributed by atoms with E-state index in [1.165, 1.54) is 12.1 Å². The van der Waals surface area contributed by atoms with E-state index in [4.69, 9.17) is 22.2 Å². The summed E-state index contributed by atoms with van der Waals surface area (Å²) in [6, 6.07) is 3.72. The van der Waals surface area contributed by atoms with E-state index in [1.807, 2.05) is 0 Å². The third kappa shape index (κ3) is 2.98. The number of carboxylic acid groups (broad SMARTS) is 1. The summed E-state index contributed by atoms with van der Waals surface area (Å²) in [4.78, 5) is 12.9. The van der Waals surface area contributed by atoms with Crippen molar-refractivity contribution < 1.29 is 14.3 Å².